The molecule has 0 saturated carbocycles. The second kappa shape index (κ2) is 4.34. The molecule has 0 spiro atoms. The van der Waals surface area contributed by atoms with Crippen molar-refractivity contribution in [3.63, 3.8) is 0 Å². The van der Waals surface area contributed by atoms with Gasteiger partial charge in [0.05, 0.1) is 0 Å². The summed E-state index contributed by atoms with van der Waals surface area (Å²) < 4.78 is 0. The Bertz CT molecular complexity index is 354. The molecular formula is C9H10N2V. The van der Waals surface area contributed by atoms with Crippen molar-refractivity contribution in [2.75, 3.05) is 0 Å². The van der Waals surface area contributed by atoms with Gasteiger partial charge in [-0.15, -0.1) is 29.1 Å². The Labute approximate surface area is 84.3 Å². The molecule has 3 heteroatoms. The minimum absolute atomic E-state index is 0. The van der Waals surface area contributed by atoms with Crippen molar-refractivity contribution in [1.29, 1.82) is 0 Å². The molecule has 1 N–H and O–H groups in total. The topological polar surface area (TPSA) is 28.7 Å². The second-order valence-corrected chi connectivity index (χ2v) is 2.34. The van der Waals surface area contributed by atoms with Crippen molar-refractivity contribution in [3.05, 3.63) is 37.4 Å². The van der Waals surface area contributed by atoms with Gasteiger partial charge in [-0.05, 0) is 11.7 Å². The van der Waals surface area contributed by atoms with Crippen molar-refractivity contribution in [1.82, 2.24) is 10.2 Å². The maximum atomic E-state index is 3.89. The van der Waals surface area contributed by atoms with Gasteiger partial charge in [0.1, 0.15) is 0 Å². The molecule has 1 heterocycles. The van der Waals surface area contributed by atoms with Crippen LogP contribution in [-0.4, -0.2) is 10.2 Å². The largest absolute Gasteiger partial charge is 2.00 e. The summed E-state index contributed by atoms with van der Waals surface area (Å²) in [5.74, 6) is 0. The molecule has 0 aliphatic carbocycles. The van der Waals surface area contributed by atoms with Gasteiger partial charge in [-0.25, -0.2) is 5.10 Å². The Balaban J connectivity index is 0.000000605. The summed E-state index contributed by atoms with van der Waals surface area (Å²) >= 11 is 0. The van der Waals surface area contributed by atoms with Crippen molar-refractivity contribution in [2.45, 2.75) is 6.92 Å². The van der Waals surface area contributed by atoms with Crippen LogP contribution in [-0.2, 0) is 18.6 Å². The zero-order chi connectivity index (χ0) is 6.97. The van der Waals surface area contributed by atoms with Crippen LogP contribution in [0.2, 0.25) is 0 Å². The first kappa shape index (κ1) is 11.3. The Hall–Kier alpha value is -0.726. The van der Waals surface area contributed by atoms with Crippen molar-refractivity contribution < 1.29 is 18.6 Å². The minimum Gasteiger partial charge on any atom is -0.358 e. The first-order chi connectivity index (χ1) is 4.86. The van der Waals surface area contributed by atoms with Gasteiger partial charge in [0.25, 0.3) is 0 Å². The van der Waals surface area contributed by atoms with E-state index in [9.17, 15) is 0 Å². The number of hydrogen-bond donors (Lipinski definition) is 1. The fraction of sp³-hybridized carbons (Fsp3) is 0.111. The van der Waals surface area contributed by atoms with E-state index in [1.165, 1.54) is 0 Å². The Morgan fingerprint density at radius 1 is 1.42 bits per heavy atom. The standard InChI is InChI=1S/C8H7N2.CH3.V/c1-6-2-3-8-7(4-6)5-9-10-8;;/h2-3,5H,1H3,(H,9,10);1H3;/q2*-1;+2. The minimum atomic E-state index is 0. The van der Waals surface area contributed by atoms with E-state index >= 15 is 0 Å². The summed E-state index contributed by atoms with van der Waals surface area (Å²) in [5, 5.41) is 7.81. The van der Waals surface area contributed by atoms with Gasteiger partial charge in [-0.3, -0.25) is 0 Å². The van der Waals surface area contributed by atoms with Crippen molar-refractivity contribution >= 4 is 10.9 Å². The number of benzene rings is 1. The molecule has 61 valence electrons. The zero-order valence-electron chi connectivity index (χ0n) is 7.13. The summed E-state index contributed by atoms with van der Waals surface area (Å²) in [6.45, 7) is 2.02. The summed E-state index contributed by atoms with van der Waals surface area (Å²) in [6.07, 6.45) is 1.78. The summed E-state index contributed by atoms with van der Waals surface area (Å²) in [7, 11) is 0. The molecule has 2 aromatic rings. The molecule has 0 saturated heterocycles. The van der Waals surface area contributed by atoms with E-state index in [-0.39, 0.29) is 26.0 Å². The van der Waals surface area contributed by atoms with Crippen LogP contribution in [0.3, 0.4) is 0 Å². The van der Waals surface area contributed by atoms with Crippen LogP contribution in [0.1, 0.15) is 5.56 Å². The van der Waals surface area contributed by atoms with Crippen LogP contribution < -0.4 is 0 Å². The zero-order valence-corrected chi connectivity index (χ0v) is 8.52. The first-order valence-electron chi connectivity index (χ1n) is 3.18. The molecular weight excluding hydrogens is 187 g/mol. The summed E-state index contributed by atoms with van der Waals surface area (Å²) in [4.78, 5) is 0. The predicted molar refractivity (Wildman–Crippen MR) is 46.1 cm³/mol. The predicted octanol–water partition coefficient (Wildman–Crippen LogP) is 2.12. The molecule has 12 heavy (non-hydrogen) atoms. The van der Waals surface area contributed by atoms with Gasteiger partial charge in [0.2, 0.25) is 0 Å². The van der Waals surface area contributed by atoms with E-state index in [2.05, 4.69) is 16.3 Å². The number of aromatic amines is 1. The van der Waals surface area contributed by atoms with Crippen LogP contribution in [0.25, 0.3) is 10.9 Å². The summed E-state index contributed by atoms with van der Waals surface area (Å²) in [6, 6.07) is 7.20. The van der Waals surface area contributed by atoms with E-state index in [1.54, 1.807) is 6.20 Å². The number of nitrogens with zero attached hydrogens (tertiary/aromatic N) is 1. The monoisotopic (exact) mass is 197 g/mol. The maximum absolute atomic E-state index is 3.89. The normalized spacial score (nSPS) is 8.75. The fourth-order valence-electron chi connectivity index (χ4n) is 0.985. The molecule has 0 aliphatic heterocycles. The van der Waals surface area contributed by atoms with Gasteiger partial charge < -0.3 is 12.5 Å². The molecule has 0 unspecified atom stereocenters. The van der Waals surface area contributed by atoms with Crippen LogP contribution in [0.5, 0.6) is 0 Å². The third-order valence-corrected chi connectivity index (χ3v) is 1.50. The number of nitrogens with one attached hydrogen (secondary N) is 1. The number of fused-ring (bicyclic) bond motifs is 1. The van der Waals surface area contributed by atoms with Gasteiger partial charge in [0, 0.05) is 0 Å². The van der Waals surface area contributed by atoms with Gasteiger partial charge in [0.15, 0.2) is 0 Å². The van der Waals surface area contributed by atoms with Gasteiger partial charge in [-0.2, -0.15) is 0 Å². The van der Waals surface area contributed by atoms with E-state index < -0.39 is 0 Å². The van der Waals surface area contributed by atoms with E-state index in [1.807, 2.05) is 19.1 Å². The Kier molecular flexibility index (Phi) is 4.07. The number of aryl methyl sites for hydroxylation is 1. The van der Waals surface area contributed by atoms with Crippen molar-refractivity contribution in [2.24, 2.45) is 0 Å². The van der Waals surface area contributed by atoms with E-state index in [0.29, 0.717) is 0 Å². The molecule has 0 amide bonds. The number of rotatable bonds is 0. The van der Waals surface area contributed by atoms with E-state index in [0.717, 1.165) is 16.5 Å². The SMILES string of the molecule is Cc1[c-]c2cn[nH]c2cc1.[CH3-].[V+2]. The average Bonchev–Trinajstić information content (AvgIpc) is 2.33. The number of hydrogen-bond acceptors (Lipinski definition) is 1. The summed E-state index contributed by atoms with van der Waals surface area (Å²) in [5.41, 5.74) is 2.19. The quantitative estimate of drug-likeness (QED) is 0.644. The molecule has 2 rings (SSSR count). The second-order valence-electron chi connectivity index (χ2n) is 2.34. The average molecular weight is 197 g/mol. The molecule has 0 aliphatic rings. The molecule has 0 fully saturated rings. The fourth-order valence-corrected chi connectivity index (χ4v) is 0.985. The van der Waals surface area contributed by atoms with Crippen LogP contribution in [0.15, 0.2) is 18.3 Å². The van der Waals surface area contributed by atoms with Crippen LogP contribution in [0.4, 0.5) is 0 Å². The molecule has 1 aromatic carbocycles. The number of aromatic nitrogens is 2. The number of H-pyrrole nitrogens is 1. The van der Waals surface area contributed by atoms with E-state index in [4.69, 9.17) is 0 Å². The first-order valence-corrected chi connectivity index (χ1v) is 3.18. The van der Waals surface area contributed by atoms with Gasteiger partial charge in [-0.1, -0.05) is 6.92 Å². The molecule has 1 aromatic heterocycles. The Morgan fingerprint density at radius 3 is 2.92 bits per heavy atom. The molecule has 0 bridgehead atoms. The molecule has 1 radical (unpaired) electrons. The molecule has 0 atom stereocenters. The van der Waals surface area contributed by atoms with Gasteiger partial charge >= 0.3 is 18.6 Å². The third-order valence-electron chi connectivity index (χ3n) is 1.50. The third kappa shape index (κ3) is 1.90. The Morgan fingerprint density at radius 2 is 2.17 bits per heavy atom. The van der Waals surface area contributed by atoms with Crippen LogP contribution in [0, 0.1) is 20.4 Å². The maximum Gasteiger partial charge on any atom is 2.00 e. The smallest absolute Gasteiger partial charge is 0.358 e. The molecule has 2 nitrogen and oxygen atoms in total. The van der Waals surface area contributed by atoms with Crippen molar-refractivity contribution in [3.8, 4) is 0 Å². The van der Waals surface area contributed by atoms with Crippen LogP contribution >= 0.6 is 0 Å².